The van der Waals surface area contributed by atoms with E-state index in [1.165, 1.54) is 20.8 Å². The Labute approximate surface area is 168 Å². The highest BCUT2D eigenvalue weighted by Gasteiger charge is 2.17. The van der Waals surface area contributed by atoms with E-state index in [0.717, 1.165) is 0 Å². The molecule has 1 amide bonds. The molecule has 28 heavy (non-hydrogen) atoms. The molecule has 8 heteroatoms. The fourth-order valence-corrected chi connectivity index (χ4v) is 3.18. The zero-order valence-electron chi connectivity index (χ0n) is 17.6. The lowest BCUT2D eigenvalue weighted by Gasteiger charge is -2.20. The minimum atomic E-state index is -0.803. The normalized spacial score (nSPS) is 15.4. The minimum Gasteiger partial charge on any atom is -0.379 e. The Morgan fingerprint density at radius 2 is 1.50 bits per heavy atom. The predicted octanol–water partition coefficient (Wildman–Crippen LogP) is 0.840. The Hall–Kier alpha value is -1.64. The van der Waals surface area contributed by atoms with Crippen molar-refractivity contribution in [2.75, 3.05) is 6.54 Å². The summed E-state index contributed by atoms with van der Waals surface area (Å²) in [5.41, 5.74) is 5.78. The van der Waals surface area contributed by atoms with Crippen molar-refractivity contribution in [1.82, 2.24) is 10.6 Å². The molecule has 0 aliphatic rings. The third-order valence-electron chi connectivity index (χ3n) is 4.25. The summed E-state index contributed by atoms with van der Waals surface area (Å²) in [5, 5.41) is 15.7. The van der Waals surface area contributed by atoms with Gasteiger partial charge in [0.25, 0.3) is 0 Å². The summed E-state index contributed by atoms with van der Waals surface area (Å²) in [6.45, 7) is 6.80. The van der Waals surface area contributed by atoms with E-state index >= 15 is 0 Å². The number of amides is 1. The second kappa shape index (κ2) is 14.4. The summed E-state index contributed by atoms with van der Waals surface area (Å²) in [6, 6.07) is -0.657. The van der Waals surface area contributed by atoms with Gasteiger partial charge in [0.15, 0.2) is 0 Å². The van der Waals surface area contributed by atoms with Gasteiger partial charge >= 0.3 is 0 Å². The predicted molar refractivity (Wildman–Crippen MR) is 107 cm³/mol. The van der Waals surface area contributed by atoms with E-state index in [1.54, 1.807) is 0 Å². The van der Waals surface area contributed by atoms with Crippen molar-refractivity contribution in [3.63, 3.8) is 0 Å². The molecule has 0 aliphatic heterocycles. The molecule has 0 aromatic heterocycles. The van der Waals surface area contributed by atoms with E-state index in [9.17, 15) is 24.3 Å². The van der Waals surface area contributed by atoms with Crippen molar-refractivity contribution >= 4 is 23.3 Å². The van der Waals surface area contributed by atoms with Crippen LogP contribution in [0, 0.1) is 5.92 Å². The van der Waals surface area contributed by atoms with Crippen molar-refractivity contribution in [2.24, 2.45) is 11.7 Å². The van der Waals surface area contributed by atoms with Crippen LogP contribution < -0.4 is 16.4 Å². The van der Waals surface area contributed by atoms with Crippen LogP contribution in [0.1, 0.15) is 72.6 Å². The Morgan fingerprint density at radius 1 is 0.929 bits per heavy atom. The van der Waals surface area contributed by atoms with Crippen LogP contribution in [0.5, 0.6) is 0 Å². The molecule has 0 bridgehead atoms. The molecule has 0 heterocycles. The van der Waals surface area contributed by atoms with E-state index < -0.39 is 6.23 Å². The number of aliphatic hydroxyl groups is 1. The number of rotatable bonds is 16. The Balaban J connectivity index is 4.28. The van der Waals surface area contributed by atoms with Crippen LogP contribution in [0.4, 0.5) is 0 Å². The van der Waals surface area contributed by atoms with Gasteiger partial charge in [-0.05, 0) is 46.1 Å². The molecule has 162 valence electrons. The van der Waals surface area contributed by atoms with Gasteiger partial charge in [-0.3, -0.25) is 19.7 Å². The third kappa shape index (κ3) is 15.4. The molecule has 0 aromatic rings. The van der Waals surface area contributed by atoms with Gasteiger partial charge in [-0.2, -0.15) is 0 Å². The van der Waals surface area contributed by atoms with E-state index in [1.807, 2.05) is 6.92 Å². The maximum atomic E-state index is 12.1. The highest BCUT2D eigenvalue weighted by molar-refractivity contribution is 5.81. The van der Waals surface area contributed by atoms with Gasteiger partial charge in [-0.15, -0.1) is 0 Å². The molecular formula is C20H37N3O5. The molecule has 5 N–H and O–H groups in total. The third-order valence-corrected chi connectivity index (χ3v) is 4.25. The highest BCUT2D eigenvalue weighted by atomic mass is 16.3. The van der Waals surface area contributed by atoms with Gasteiger partial charge in [0.1, 0.15) is 23.6 Å². The second-order valence-corrected chi connectivity index (χ2v) is 7.90. The lowest BCUT2D eigenvalue weighted by Crippen LogP contribution is -2.39. The molecule has 0 fully saturated rings. The maximum absolute atomic E-state index is 12.1. The molecule has 0 aromatic carbocycles. The van der Waals surface area contributed by atoms with Crippen molar-refractivity contribution in [2.45, 2.75) is 91.0 Å². The number of nitrogens with two attached hydrogens (primary N) is 1. The molecule has 0 spiro atoms. The van der Waals surface area contributed by atoms with Gasteiger partial charge < -0.3 is 21.0 Å². The standard InChI is InChI=1S/C20H37N3O5/c1-13(8-14(2)24)9-20(28)23-18(11-16(4)26)6-5-7-22-19(27)12-17(21)10-15(3)25/h13,17-19,22,27H,5-12,21H2,1-4H3,(H,23,28). The van der Waals surface area contributed by atoms with Crippen LogP contribution in [0.2, 0.25) is 0 Å². The van der Waals surface area contributed by atoms with Gasteiger partial charge in [-0.1, -0.05) is 6.92 Å². The molecular weight excluding hydrogens is 362 g/mol. The molecule has 0 aliphatic carbocycles. The van der Waals surface area contributed by atoms with Crippen LogP contribution in [0.25, 0.3) is 0 Å². The van der Waals surface area contributed by atoms with E-state index in [2.05, 4.69) is 10.6 Å². The van der Waals surface area contributed by atoms with Gasteiger partial charge in [0.05, 0.1) is 0 Å². The number of carbonyl (C=O) groups is 4. The number of ketones is 3. The zero-order valence-corrected chi connectivity index (χ0v) is 17.6. The molecule has 4 unspecified atom stereocenters. The summed E-state index contributed by atoms with van der Waals surface area (Å²) in [4.78, 5) is 45.7. The van der Waals surface area contributed by atoms with Crippen molar-refractivity contribution in [3.8, 4) is 0 Å². The fraction of sp³-hybridized carbons (Fsp3) is 0.800. The minimum absolute atomic E-state index is 0.00900. The summed E-state index contributed by atoms with van der Waals surface area (Å²) >= 11 is 0. The van der Waals surface area contributed by atoms with Gasteiger partial charge in [0, 0.05) is 44.2 Å². The lowest BCUT2D eigenvalue weighted by molar-refractivity contribution is -0.123. The Morgan fingerprint density at radius 3 is 2.04 bits per heavy atom. The average molecular weight is 400 g/mol. The van der Waals surface area contributed by atoms with Crippen molar-refractivity contribution in [1.29, 1.82) is 0 Å². The maximum Gasteiger partial charge on any atom is 0.220 e. The summed E-state index contributed by atoms with van der Waals surface area (Å²) in [6.07, 6.45) is 1.80. The van der Waals surface area contributed by atoms with Crippen molar-refractivity contribution in [3.05, 3.63) is 0 Å². The lowest BCUT2D eigenvalue weighted by atomic mass is 10.00. The molecule has 0 radical (unpaired) electrons. The van der Waals surface area contributed by atoms with Crippen LogP contribution in [0.3, 0.4) is 0 Å². The van der Waals surface area contributed by atoms with Crippen LogP contribution >= 0.6 is 0 Å². The Bertz CT molecular complexity index is 524. The summed E-state index contributed by atoms with van der Waals surface area (Å²) in [7, 11) is 0. The van der Waals surface area contributed by atoms with Crippen molar-refractivity contribution < 1.29 is 24.3 Å². The summed E-state index contributed by atoms with van der Waals surface area (Å²) in [5.74, 6) is -0.173. The van der Waals surface area contributed by atoms with E-state index in [4.69, 9.17) is 5.73 Å². The first-order valence-electron chi connectivity index (χ1n) is 9.94. The monoisotopic (exact) mass is 399 g/mol. The molecule has 0 rings (SSSR count). The van der Waals surface area contributed by atoms with Gasteiger partial charge in [0.2, 0.25) is 5.91 Å². The molecule has 4 atom stereocenters. The first kappa shape index (κ1) is 26.4. The first-order chi connectivity index (χ1) is 13.0. The molecule has 8 nitrogen and oxygen atoms in total. The number of carbonyl (C=O) groups excluding carboxylic acids is 4. The van der Waals surface area contributed by atoms with Crippen LogP contribution in [-0.2, 0) is 19.2 Å². The topological polar surface area (TPSA) is 139 Å². The zero-order chi connectivity index (χ0) is 21.7. The Kier molecular flexibility index (Phi) is 13.5. The molecule has 0 saturated heterocycles. The smallest absolute Gasteiger partial charge is 0.220 e. The largest absolute Gasteiger partial charge is 0.379 e. The van der Waals surface area contributed by atoms with Crippen LogP contribution in [-0.4, -0.2) is 53.2 Å². The van der Waals surface area contributed by atoms with E-state index in [-0.39, 0.29) is 66.9 Å². The van der Waals surface area contributed by atoms with Gasteiger partial charge in [-0.25, -0.2) is 0 Å². The first-order valence-corrected chi connectivity index (χ1v) is 9.94. The summed E-state index contributed by atoms with van der Waals surface area (Å²) < 4.78 is 0. The van der Waals surface area contributed by atoms with Crippen LogP contribution in [0.15, 0.2) is 0 Å². The number of Topliss-reactive ketones (excluding diaryl/α,β-unsaturated/α-hetero) is 3. The van der Waals surface area contributed by atoms with E-state index in [0.29, 0.717) is 25.8 Å². The number of aliphatic hydroxyl groups excluding tert-OH is 1. The highest BCUT2D eigenvalue weighted by Crippen LogP contribution is 2.10. The second-order valence-electron chi connectivity index (χ2n) is 7.90. The average Bonchev–Trinajstić information content (AvgIpc) is 2.48. The fourth-order valence-electron chi connectivity index (χ4n) is 3.18. The number of hydrogen-bond donors (Lipinski definition) is 4. The SMILES string of the molecule is CC(=O)CC(C)CC(=O)NC(CCCNC(O)CC(N)CC(C)=O)CC(C)=O. The number of hydrogen-bond acceptors (Lipinski definition) is 7. The molecule has 0 saturated carbocycles. The number of nitrogens with one attached hydrogen (secondary N) is 2. The quantitative estimate of drug-likeness (QED) is 0.223.